The zero-order valence-electron chi connectivity index (χ0n) is 7.22. The quantitative estimate of drug-likeness (QED) is 0.507. The van der Waals surface area contributed by atoms with Crippen LogP contribution in [-0.4, -0.2) is 11.3 Å². The number of aromatic nitrogens is 1. The lowest BCUT2D eigenvalue weighted by Gasteiger charge is -2.11. The highest BCUT2D eigenvalue weighted by Crippen LogP contribution is 2.18. The molecule has 0 N–H and O–H groups in total. The molecule has 0 aliphatic heterocycles. The maximum atomic E-state index is 10.3. The first-order valence-electron chi connectivity index (χ1n) is 4.27. The summed E-state index contributed by atoms with van der Waals surface area (Å²) in [6.07, 6.45) is 6.39. The second kappa shape index (κ2) is 4.31. The number of carbonyl (C=O) groups excluding carboxylic acids is 1. The van der Waals surface area contributed by atoms with Crippen LogP contribution in [-0.2, 0) is 17.6 Å². The second-order valence-corrected chi connectivity index (χ2v) is 3.11. The van der Waals surface area contributed by atoms with Gasteiger partial charge < -0.3 is 12.4 Å². The summed E-state index contributed by atoms with van der Waals surface area (Å²) < 4.78 is 0. The van der Waals surface area contributed by atoms with Crippen molar-refractivity contribution < 1.29 is 17.2 Å². The van der Waals surface area contributed by atoms with Gasteiger partial charge in [-0.15, -0.1) is 0 Å². The van der Waals surface area contributed by atoms with Crippen molar-refractivity contribution >= 4 is 6.29 Å². The van der Waals surface area contributed by atoms with Crippen LogP contribution < -0.4 is 12.4 Å². The average molecular weight is 196 g/mol. The minimum Gasteiger partial charge on any atom is -1.00 e. The van der Waals surface area contributed by atoms with Crippen LogP contribution in [0.5, 0.6) is 0 Å². The first-order chi connectivity index (χ1) is 5.90. The molecule has 2 rings (SSSR count). The first-order valence-corrected chi connectivity index (χ1v) is 4.27. The van der Waals surface area contributed by atoms with Crippen molar-refractivity contribution in [3.63, 3.8) is 0 Å². The molecule has 0 saturated heterocycles. The number of rotatable bonds is 1. The van der Waals surface area contributed by atoms with Gasteiger partial charge in [0.05, 0.1) is 5.69 Å². The molecule has 13 heavy (non-hydrogen) atoms. The zero-order valence-corrected chi connectivity index (χ0v) is 7.97. The smallest absolute Gasteiger partial charge is 0.386 e. The largest absolute Gasteiger partial charge is 1.00 e. The van der Waals surface area contributed by atoms with E-state index in [9.17, 15) is 4.79 Å². The molecule has 0 radical (unpaired) electrons. The molecule has 1 aliphatic carbocycles. The summed E-state index contributed by atoms with van der Waals surface area (Å²) >= 11 is 0. The molecule has 1 aromatic rings. The molecule has 0 saturated carbocycles. The molecule has 0 aromatic carbocycles. The number of halogens is 1. The molecular formula is C10H10ClNO. The van der Waals surface area contributed by atoms with Crippen LogP contribution >= 0.6 is 0 Å². The highest BCUT2D eigenvalue weighted by atomic mass is 35.5. The predicted molar refractivity (Wildman–Crippen MR) is 45.7 cm³/mol. The van der Waals surface area contributed by atoms with Crippen molar-refractivity contribution in [1.82, 2.24) is 4.98 Å². The number of nitrogens with zero attached hydrogens (tertiary/aromatic N) is 1. The highest BCUT2D eigenvalue weighted by Gasteiger charge is 2.14. The third-order valence-corrected chi connectivity index (χ3v) is 2.28. The van der Waals surface area contributed by atoms with E-state index in [1.54, 1.807) is 6.07 Å². The van der Waals surface area contributed by atoms with E-state index in [1.807, 2.05) is 12.4 Å². The van der Waals surface area contributed by atoms with E-state index in [1.165, 1.54) is 18.4 Å². The summed E-state index contributed by atoms with van der Waals surface area (Å²) in [5.41, 5.74) is 2.85. The van der Waals surface area contributed by atoms with Gasteiger partial charge in [0.15, 0.2) is 0 Å². The van der Waals surface area contributed by atoms with E-state index >= 15 is 0 Å². The Labute approximate surface area is 83.8 Å². The van der Waals surface area contributed by atoms with Crippen LogP contribution in [0.2, 0.25) is 0 Å². The van der Waals surface area contributed by atoms with Crippen molar-refractivity contribution in [1.29, 1.82) is 0 Å². The van der Waals surface area contributed by atoms with Gasteiger partial charge in [-0.2, -0.15) is 0 Å². The van der Waals surface area contributed by atoms with Gasteiger partial charge in [0.1, 0.15) is 6.07 Å². The predicted octanol–water partition coefficient (Wildman–Crippen LogP) is -1.58. The second-order valence-electron chi connectivity index (χ2n) is 3.11. The lowest BCUT2D eigenvalue weighted by atomic mass is 9.96. The van der Waals surface area contributed by atoms with Gasteiger partial charge >= 0.3 is 12.0 Å². The summed E-state index contributed by atoms with van der Waals surface area (Å²) in [7, 11) is 0. The molecule has 68 valence electrons. The molecule has 1 heterocycles. The van der Waals surface area contributed by atoms with Crippen molar-refractivity contribution in [2.45, 2.75) is 25.7 Å². The summed E-state index contributed by atoms with van der Waals surface area (Å²) in [6.45, 7) is 0. The fraction of sp³-hybridized carbons (Fsp3) is 0.400. The Morgan fingerprint density at radius 1 is 1.23 bits per heavy atom. The lowest BCUT2D eigenvalue weighted by Crippen LogP contribution is -3.00. The number of hydrogen-bond donors (Lipinski definition) is 0. The summed E-state index contributed by atoms with van der Waals surface area (Å²) in [5, 5.41) is 0. The SMILES string of the molecule is O=[C+]c1ccc2c(n1)CCCC2.[Cl-]. The number of aryl methyl sites for hydroxylation is 2. The number of fused-ring (bicyclic) bond motifs is 1. The van der Waals surface area contributed by atoms with Crippen LogP contribution in [0.25, 0.3) is 0 Å². The number of hydrogen-bond acceptors (Lipinski definition) is 2. The van der Waals surface area contributed by atoms with Crippen LogP contribution in [0.15, 0.2) is 12.1 Å². The molecule has 1 aliphatic rings. The zero-order chi connectivity index (χ0) is 8.39. The Balaban J connectivity index is 0.000000845. The molecule has 3 heteroatoms. The molecule has 1 aromatic heterocycles. The summed E-state index contributed by atoms with van der Waals surface area (Å²) in [6, 6.07) is 3.75. The number of pyridine rings is 1. The van der Waals surface area contributed by atoms with Gasteiger partial charge in [0.2, 0.25) is 0 Å². The van der Waals surface area contributed by atoms with Crippen LogP contribution in [0, 0.1) is 0 Å². The minimum atomic E-state index is 0. The highest BCUT2D eigenvalue weighted by molar-refractivity contribution is 5.72. The van der Waals surface area contributed by atoms with Gasteiger partial charge in [-0.1, -0.05) is 4.79 Å². The Bertz CT molecular complexity index is 312. The summed E-state index contributed by atoms with van der Waals surface area (Å²) in [5.74, 6) is 0. The molecule has 0 fully saturated rings. The Morgan fingerprint density at radius 2 is 2.00 bits per heavy atom. The van der Waals surface area contributed by atoms with E-state index < -0.39 is 0 Å². The normalized spacial score (nSPS) is 13.8. The average Bonchev–Trinajstić information content (AvgIpc) is 2.17. The van der Waals surface area contributed by atoms with E-state index in [-0.39, 0.29) is 12.4 Å². The monoisotopic (exact) mass is 195 g/mol. The van der Waals surface area contributed by atoms with E-state index in [2.05, 4.69) is 4.98 Å². The third kappa shape index (κ3) is 2.03. The van der Waals surface area contributed by atoms with Crippen LogP contribution in [0.4, 0.5) is 0 Å². The molecule has 0 unspecified atom stereocenters. The van der Waals surface area contributed by atoms with Gasteiger partial charge in [-0.25, -0.2) is 4.98 Å². The Kier molecular flexibility index (Phi) is 3.35. The molecule has 0 bridgehead atoms. The third-order valence-electron chi connectivity index (χ3n) is 2.28. The van der Waals surface area contributed by atoms with Gasteiger partial charge in [-0.3, -0.25) is 0 Å². The minimum absolute atomic E-state index is 0. The van der Waals surface area contributed by atoms with Gasteiger partial charge in [0.25, 0.3) is 0 Å². The maximum absolute atomic E-state index is 10.3. The lowest BCUT2D eigenvalue weighted by molar-refractivity contribution is -0.00000358. The van der Waals surface area contributed by atoms with Gasteiger partial charge in [-0.05, 0) is 31.2 Å². The first kappa shape index (κ1) is 10.1. The van der Waals surface area contributed by atoms with Crippen LogP contribution in [0.3, 0.4) is 0 Å². The Hall–Kier alpha value is -0.980. The maximum Gasteiger partial charge on any atom is 0.386 e. The van der Waals surface area contributed by atoms with Crippen LogP contribution in [0.1, 0.15) is 29.8 Å². The van der Waals surface area contributed by atoms with E-state index in [0.717, 1.165) is 18.5 Å². The topological polar surface area (TPSA) is 30.0 Å². The molecule has 0 spiro atoms. The van der Waals surface area contributed by atoms with Crippen molar-refractivity contribution in [2.24, 2.45) is 0 Å². The fourth-order valence-corrected chi connectivity index (χ4v) is 1.64. The van der Waals surface area contributed by atoms with Crippen molar-refractivity contribution in [3.8, 4) is 0 Å². The molecule has 2 nitrogen and oxygen atoms in total. The van der Waals surface area contributed by atoms with Crippen molar-refractivity contribution in [2.75, 3.05) is 0 Å². The Morgan fingerprint density at radius 3 is 2.77 bits per heavy atom. The molecular weight excluding hydrogens is 186 g/mol. The molecule has 0 amide bonds. The van der Waals surface area contributed by atoms with E-state index in [4.69, 9.17) is 0 Å². The fourth-order valence-electron chi connectivity index (χ4n) is 1.64. The molecule has 0 atom stereocenters. The van der Waals surface area contributed by atoms with E-state index in [0.29, 0.717) is 5.69 Å². The van der Waals surface area contributed by atoms with Crippen molar-refractivity contribution in [3.05, 3.63) is 29.1 Å². The van der Waals surface area contributed by atoms with Gasteiger partial charge in [0, 0.05) is 6.07 Å². The summed E-state index contributed by atoms with van der Waals surface area (Å²) in [4.78, 5) is 14.5. The standard InChI is InChI=1S/C10H10NO.ClH/c12-7-9-6-5-8-3-1-2-4-10(8)11-9;/h5-6H,1-4H2;1H/q+1;/p-1.